The van der Waals surface area contributed by atoms with Crippen molar-refractivity contribution in [1.82, 2.24) is 0 Å². The van der Waals surface area contributed by atoms with Gasteiger partial charge in [-0.2, -0.15) is 0 Å². The number of carboxylic acids is 1. The van der Waals surface area contributed by atoms with Crippen LogP contribution in [0.3, 0.4) is 0 Å². The van der Waals surface area contributed by atoms with Crippen molar-refractivity contribution in [2.75, 3.05) is 6.26 Å². The van der Waals surface area contributed by atoms with Gasteiger partial charge in [-0.05, 0) is 50.4 Å². The highest BCUT2D eigenvalue weighted by atomic mass is 32.2. The van der Waals surface area contributed by atoms with E-state index in [1.165, 1.54) is 0 Å². The highest BCUT2D eigenvalue weighted by Crippen LogP contribution is 2.66. The number of carbonyl (C=O) groups excluding carboxylic acids is 1. The molecular formula is C15H20NO5S+. The van der Waals surface area contributed by atoms with Crippen molar-refractivity contribution in [3.8, 4) is 6.57 Å². The summed E-state index contributed by atoms with van der Waals surface area (Å²) >= 11 is 0. The summed E-state index contributed by atoms with van der Waals surface area (Å²) in [4.78, 5) is 28.0. The molecule has 0 saturated heterocycles. The van der Waals surface area contributed by atoms with Crippen LogP contribution in [0, 0.1) is 29.2 Å². The van der Waals surface area contributed by atoms with E-state index in [4.69, 9.17) is 6.57 Å². The maximum absolute atomic E-state index is 12.9. The average molecular weight is 326 g/mol. The van der Waals surface area contributed by atoms with E-state index in [0.29, 0.717) is 25.7 Å². The van der Waals surface area contributed by atoms with Gasteiger partial charge in [0.1, 0.15) is 0 Å². The number of carbonyl (C=O) groups is 2. The van der Waals surface area contributed by atoms with Gasteiger partial charge in [-0.1, -0.05) is 4.85 Å². The van der Waals surface area contributed by atoms with Crippen LogP contribution in [0.4, 0.5) is 0 Å². The molecule has 7 heteroatoms. The summed E-state index contributed by atoms with van der Waals surface area (Å²) in [6.07, 6.45) is 4.43. The van der Waals surface area contributed by atoms with Crippen molar-refractivity contribution in [2.24, 2.45) is 22.7 Å². The van der Waals surface area contributed by atoms with Crippen LogP contribution in [0.25, 0.3) is 4.85 Å². The predicted molar refractivity (Wildman–Crippen MR) is 79.1 cm³/mol. The number of carboxylic acid groups (broad SMARTS) is 1. The molecule has 0 aliphatic heterocycles. The van der Waals surface area contributed by atoms with Crippen LogP contribution in [-0.2, 0) is 19.4 Å². The van der Waals surface area contributed by atoms with E-state index in [1.807, 2.05) is 0 Å². The van der Waals surface area contributed by atoms with Crippen LogP contribution >= 0.6 is 0 Å². The normalized spacial score (nSPS) is 40.9. The summed E-state index contributed by atoms with van der Waals surface area (Å²) in [5.74, 6) is -1.00. The Morgan fingerprint density at radius 3 is 2.09 bits per heavy atom. The smallest absolute Gasteiger partial charge is 0.425 e. The van der Waals surface area contributed by atoms with Crippen molar-refractivity contribution in [3.05, 3.63) is 4.85 Å². The van der Waals surface area contributed by atoms with Crippen molar-refractivity contribution < 1.29 is 23.1 Å². The summed E-state index contributed by atoms with van der Waals surface area (Å²) in [6, 6.07) is 0. The van der Waals surface area contributed by atoms with E-state index in [0.717, 1.165) is 12.7 Å². The largest absolute Gasteiger partial charge is 0.481 e. The second kappa shape index (κ2) is 4.54. The van der Waals surface area contributed by atoms with E-state index < -0.39 is 37.8 Å². The summed E-state index contributed by atoms with van der Waals surface area (Å²) in [5.41, 5.74) is -1.77. The third-order valence-electron chi connectivity index (χ3n) is 5.80. The molecule has 4 bridgehead atoms. The van der Waals surface area contributed by atoms with Gasteiger partial charge in [0.2, 0.25) is 15.6 Å². The number of hydrogen-bond donors (Lipinski definition) is 1. The van der Waals surface area contributed by atoms with Crippen molar-refractivity contribution in [2.45, 2.75) is 43.9 Å². The van der Waals surface area contributed by atoms with Gasteiger partial charge in [0.05, 0.1) is 5.41 Å². The molecular weight excluding hydrogens is 306 g/mol. The van der Waals surface area contributed by atoms with Crippen LogP contribution in [0.2, 0.25) is 0 Å². The third-order valence-corrected chi connectivity index (χ3v) is 6.95. The highest BCUT2D eigenvalue weighted by molar-refractivity contribution is 7.92. The van der Waals surface area contributed by atoms with Gasteiger partial charge in [0.15, 0.2) is 0 Å². The molecule has 4 aliphatic rings. The van der Waals surface area contributed by atoms with E-state index >= 15 is 0 Å². The zero-order valence-corrected chi connectivity index (χ0v) is 13.3. The number of sulfone groups is 1. The minimum atomic E-state index is -3.74. The maximum atomic E-state index is 12.9. The molecule has 0 aromatic carbocycles. The van der Waals surface area contributed by atoms with E-state index in [1.54, 1.807) is 0 Å². The standard InChI is InChI=1S/C15H19NO5S/c1-16-12(22(2,20)21)11(17)14-4-9-3-10(5-14)7-15(6-9,8-14)13(18)19/h1,9-10,12H,3-8H2,2H3/p+1. The average Bonchev–Trinajstić information content (AvgIpc) is 2.35. The van der Waals surface area contributed by atoms with Crippen molar-refractivity contribution >= 4 is 21.6 Å². The van der Waals surface area contributed by atoms with E-state index in [9.17, 15) is 23.1 Å². The predicted octanol–water partition coefficient (Wildman–Crippen LogP) is 1.56. The molecule has 120 valence electrons. The molecule has 4 fully saturated rings. The molecule has 3 unspecified atom stereocenters. The fraction of sp³-hybridized carbons (Fsp3) is 0.800. The minimum absolute atomic E-state index is 0.180. The van der Waals surface area contributed by atoms with Crippen LogP contribution < -0.4 is 0 Å². The first-order valence-corrected chi connectivity index (χ1v) is 9.44. The molecule has 3 atom stereocenters. The number of ketones is 1. The molecule has 0 spiro atoms. The van der Waals surface area contributed by atoms with Gasteiger partial charge in [-0.25, -0.2) is 8.42 Å². The Balaban J connectivity index is 2.02. The zero-order chi connectivity index (χ0) is 16.3. The fourth-order valence-corrected chi connectivity index (χ4v) is 6.30. The Hall–Kier alpha value is -1.42. The molecule has 0 amide bonds. The number of hydrogen-bond acceptors (Lipinski definition) is 4. The van der Waals surface area contributed by atoms with Crippen molar-refractivity contribution in [1.29, 1.82) is 0 Å². The quantitative estimate of drug-likeness (QED) is 0.846. The highest BCUT2D eigenvalue weighted by Gasteiger charge is 2.66. The number of Topliss-reactive ketones (excluding diaryl/α,β-unsaturated/α-hetero) is 1. The Morgan fingerprint density at radius 2 is 1.68 bits per heavy atom. The lowest BCUT2D eigenvalue weighted by atomic mass is 9.43. The Kier molecular flexibility index (Phi) is 3.19. The molecule has 4 saturated carbocycles. The zero-order valence-electron chi connectivity index (χ0n) is 12.5. The molecule has 0 radical (unpaired) electrons. The summed E-state index contributed by atoms with van der Waals surface area (Å²) in [5, 5.41) is 8.08. The van der Waals surface area contributed by atoms with Gasteiger partial charge in [-0.15, -0.1) is 0 Å². The first-order chi connectivity index (χ1) is 10.1. The molecule has 4 aliphatic carbocycles. The second-order valence-electron chi connectivity index (χ2n) is 7.52. The summed E-state index contributed by atoms with van der Waals surface area (Å²) in [7, 11) is -3.74. The first kappa shape index (κ1) is 15.5. The second-order valence-corrected chi connectivity index (χ2v) is 9.63. The van der Waals surface area contributed by atoms with Crippen molar-refractivity contribution in [3.63, 3.8) is 0 Å². The summed E-state index contributed by atoms with van der Waals surface area (Å²) in [6.45, 7) is 5.18. The number of rotatable bonds is 4. The first-order valence-electron chi connectivity index (χ1n) is 7.49. The number of aliphatic carboxylic acids is 1. The Morgan fingerprint density at radius 1 is 1.18 bits per heavy atom. The minimum Gasteiger partial charge on any atom is -0.481 e. The molecule has 6 nitrogen and oxygen atoms in total. The molecule has 0 heterocycles. The molecule has 1 N–H and O–H groups in total. The monoisotopic (exact) mass is 326 g/mol. The number of nitrogens with zero attached hydrogens (tertiary/aromatic N) is 1. The van der Waals surface area contributed by atoms with Gasteiger partial charge < -0.3 is 5.11 Å². The lowest BCUT2D eigenvalue weighted by Gasteiger charge is -2.59. The van der Waals surface area contributed by atoms with Crippen LogP contribution in [-0.4, -0.2) is 36.9 Å². The van der Waals surface area contributed by atoms with Gasteiger partial charge in [-0.3, -0.25) is 9.59 Å². The van der Waals surface area contributed by atoms with Gasteiger partial charge in [0, 0.05) is 11.7 Å². The molecule has 0 aromatic heterocycles. The van der Waals surface area contributed by atoms with Crippen LogP contribution in [0.15, 0.2) is 0 Å². The van der Waals surface area contributed by atoms with Gasteiger partial charge in [0.25, 0.3) is 6.57 Å². The lowest BCUT2D eigenvalue weighted by Crippen LogP contribution is -2.59. The third kappa shape index (κ3) is 2.08. The Bertz CT molecular complexity index is 675. The maximum Gasteiger partial charge on any atom is 0.425 e. The topological polar surface area (TPSA) is 92.9 Å². The molecule has 4 rings (SSSR count). The van der Waals surface area contributed by atoms with E-state index in [-0.39, 0.29) is 18.3 Å². The van der Waals surface area contributed by atoms with Crippen LogP contribution in [0.5, 0.6) is 0 Å². The SMILES string of the molecule is C#[N+]C(C(=O)C12CC3CC(CC(C(=O)O)(C3)C1)C2)S(C)(=O)=O. The molecule has 0 aromatic rings. The van der Waals surface area contributed by atoms with Crippen LogP contribution in [0.1, 0.15) is 38.5 Å². The summed E-state index contributed by atoms with van der Waals surface area (Å²) < 4.78 is 23.6. The van der Waals surface area contributed by atoms with Gasteiger partial charge >= 0.3 is 11.3 Å². The lowest BCUT2D eigenvalue weighted by molar-refractivity contribution is -0.177. The fourth-order valence-electron chi connectivity index (χ4n) is 5.44. The van der Waals surface area contributed by atoms with E-state index in [2.05, 4.69) is 4.85 Å². The Labute approximate surface area is 129 Å². The molecule has 22 heavy (non-hydrogen) atoms.